The topological polar surface area (TPSA) is 281 Å². The molecule has 4 aromatic rings. The van der Waals surface area contributed by atoms with E-state index in [1.54, 1.807) is 34.0 Å². The van der Waals surface area contributed by atoms with Crippen LogP contribution >= 0.6 is 0 Å². The van der Waals surface area contributed by atoms with Crippen LogP contribution in [-0.2, 0) is 42.9 Å². The minimum atomic E-state index is -2.55. The maximum Gasteiger partial charge on any atom is 0.329 e. The summed E-state index contributed by atoms with van der Waals surface area (Å²) in [5.41, 5.74) is 10.3. The molecule has 6 N–H and O–H groups in total. The Morgan fingerprint density at radius 2 is 1.65 bits per heavy atom. The van der Waals surface area contributed by atoms with Gasteiger partial charge in [0.25, 0.3) is 11.7 Å². The fourth-order valence-electron chi connectivity index (χ4n) is 13.0. The number of carbonyl (C=O) groups is 5. The molecule has 4 aliphatic rings. The lowest BCUT2D eigenvalue weighted by Crippen LogP contribution is -2.61. The van der Waals surface area contributed by atoms with Gasteiger partial charge in [0.05, 0.1) is 29.4 Å². The third-order valence-corrected chi connectivity index (χ3v) is 18.3. The highest BCUT2D eigenvalue weighted by molar-refractivity contribution is 6.39. The quantitative estimate of drug-likeness (QED) is 0.0593. The molecular formula is C66H91N7O13. The van der Waals surface area contributed by atoms with Crippen molar-refractivity contribution in [2.24, 2.45) is 35.5 Å². The summed E-state index contributed by atoms with van der Waals surface area (Å²) in [7, 11) is 2.94. The number of fused-ring (bicyclic) bond motifs is 5. The summed E-state index contributed by atoms with van der Waals surface area (Å²) in [6, 6.07) is 6.43. The lowest BCUT2D eigenvalue weighted by atomic mass is 9.78. The molecule has 3 aliphatic heterocycles. The molecule has 1 amide bonds. The molecule has 3 aromatic heterocycles. The van der Waals surface area contributed by atoms with E-state index in [-0.39, 0.29) is 67.3 Å². The number of hydrogen-bond donors (Lipinski definition) is 5. The molecule has 86 heavy (non-hydrogen) atoms. The first-order valence-corrected chi connectivity index (χ1v) is 30.8. The molecule has 3 fully saturated rings. The number of aliphatic hydroxyl groups is 3. The average molecular weight is 1190 g/mol. The largest absolute Gasteiger partial charge is 0.486 e. The fourth-order valence-corrected chi connectivity index (χ4v) is 13.0. The van der Waals surface area contributed by atoms with Crippen molar-refractivity contribution in [3.63, 3.8) is 0 Å². The van der Waals surface area contributed by atoms with Crippen LogP contribution < -0.4 is 10.5 Å². The summed E-state index contributed by atoms with van der Waals surface area (Å²) in [6.45, 7) is 16.7. The average Bonchev–Trinajstić information content (AvgIpc) is 2.09. The normalized spacial score (nSPS) is 33.6. The van der Waals surface area contributed by atoms with Crippen molar-refractivity contribution >= 4 is 57.0 Å². The number of nitrogens with zero attached hydrogens (tertiary/aromatic N) is 5. The fraction of sp³-hybridized carbons (Fsp3) is 0.606. The Bertz CT molecular complexity index is 3200. The highest BCUT2D eigenvalue weighted by atomic mass is 16.6. The molecular weight excluding hydrogens is 1100 g/mol. The van der Waals surface area contributed by atoms with E-state index in [1.807, 2.05) is 101 Å². The number of rotatable bonds is 9. The first kappa shape index (κ1) is 65.6. The first-order chi connectivity index (χ1) is 40.9. The van der Waals surface area contributed by atoms with E-state index in [0.717, 1.165) is 16.5 Å². The van der Waals surface area contributed by atoms with Gasteiger partial charge in [0.15, 0.2) is 11.4 Å². The molecule has 2 saturated heterocycles. The number of nitrogen functional groups attached to an aromatic ring is 1. The number of aromatic amines is 1. The summed E-state index contributed by atoms with van der Waals surface area (Å²) < 4.78 is 32.7. The summed E-state index contributed by atoms with van der Waals surface area (Å²) in [5.74, 6) is -7.70. The van der Waals surface area contributed by atoms with Gasteiger partial charge in [0.1, 0.15) is 59.8 Å². The number of amides is 1. The van der Waals surface area contributed by atoms with Crippen molar-refractivity contribution in [1.82, 2.24) is 29.6 Å². The van der Waals surface area contributed by atoms with Gasteiger partial charge in [-0.2, -0.15) is 5.10 Å². The van der Waals surface area contributed by atoms with Gasteiger partial charge in [-0.25, -0.2) is 19.4 Å². The highest BCUT2D eigenvalue weighted by Crippen LogP contribution is 2.40. The van der Waals surface area contributed by atoms with Gasteiger partial charge >= 0.3 is 5.97 Å². The van der Waals surface area contributed by atoms with Gasteiger partial charge in [0.2, 0.25) is 5.79 Å². The third-order valence-electron chi connectivity index (χ3n) is 18.3. The summed E-state index contributed by atoms with van der Waals surface area (Å²) >= 11 is 0. The standard InChI is InChI=1S/C66H91N7O13/c1-36(2)73-63-56(62(67)68-35-69-63)57(71-73)49-32-45-31-46(23-24-48(45)70-49)84-53-33-47-22-20-43(9)66(81,86-47)61(78)64(79)72-26-16-15-19-50(72)65(80)85-54(40(6)29-44-21-25-51(74)55(30-44)82-10)34-52(75)39(5)28-42(8)59(77)60(83-11)58(76)41(7)27-37(3)17-13-12-14-18-38(53)4/h12-14,17-18,23-24,28,31-32,35-37,39-41,43-44,47,50-51,53-55,59-60,70,74,77,81H,15-16,19-22,25-27,29-30,33-34H2,1-11H3,(H2,67,68,69)/b14-12+,17-13+,38-18-,42-28+/t37-,39-,40?,41-,43-,44-,47+,50+,51-,53+,54+,55-,59-,60+,66-/m1/s1. The number of benzene rings is 1. The Kier molecular flexibility index (Phi) is 21.8. The summed E-state index contributed by atoms with van der Waals surface area (Å²) in [6.07, 6.45) is 11.4. The van der Waals surface area contributed by atoms with Gasteiger partial charge in [-0.3, -0.25) is 19.2 Å². The molecule has 20 heteroatoms. The number of nitrogens with one attached hydrogen (secondary N) is 1. The summed E-state index contributed by atoms with van der Waals surface area (Å²) in [5, 5.41) is 41.0. The number of nitrogens with two attached hydrogens (primary N) is 1. The van der Waals surface area contributed by atoms with Crippen LogP contribution in [0, 0.1) is 35.5 Å². The van der Waals surface area contributed by atoms with E-state index >= 15 is 0 Å². The zero-order chi connectivity index (χ0) is 62.3. The minimum absolute atomic E-state index is 0.000298. The number of methoxy groups -OCH3 is 2. The Labute approximate surface area is 505 Å². The maximum atomic E-state index is 14.7. The van der Waals surface area contributed by atoms with Crippen molar-refractivity contribution < 1.29 is 63.0 Å². The molecule has 20 nitrogen and oxygen atoms in total. The van der Waals surface area contributed by atoms with Crippen LogP contribution in [0.1, 0.15) is 145 Å². The Morgan fingerprint density at radius 3 is 2.38 bits per heavy atom. The zero-order valence-electron chi connectivity index (χ0n) is 51.9. The molecule has 0 spiro atoms. The molecule has 8 rings (SSSR count). The number of esters is 1. The van der Waals surface area contributed by atoms with Crippen LogP contribution in [0.5, 0.6) is 5.75 Å². The molecule has 2 bridgehead atoms. The van der Waals surface area contributed by atoms with Gasteiger partial charge in [-0.15, -0.1) is 0 Å². The number of aromatic nitrogens is 5. The number of hydrogen-bond acceptors (Lipinski definition) is 17. The molecule has 1 aromatic carbocycles. The Balaban J connectivity index is 1.11. The number of allylic oxidation sites excluding steroid dienone is 6. The third kappa shape index (κ3) is 14.9. The molecule has 1 saturated carbocycles. The predicted octanol–water partition coefficient (Wildman–Crippen LogP) is 9.06. The molecule has 1 unspecified atom stereocenters. The van der Waals surface area contributed by atoms with Crippen LogP contribution in [-0.4, -0.2) is 149 Å². The number of cyclic esters (lactones) is 1. The maximum absolute atomic E-state index is 14.7. The second-order valence-electron chi connectivity index (χ2n) is 25.2. The lowest BCUT2D eigenvalue weighted by molar-refractivity contribution is -0.265. The first-order valence-electron chi connectivity index (χ1n) is 30.8. The van der Waals surface area contributed by atoms with Gasteiger partial charge < -0.3 is 54.6 Å². The molecule has 468 valence electrons. The van der Waals surface area contributed by atoms with E-state index in [2.05, 4.69) is 15.0 Å². The Hall–Kier alpha value is -6.42. The second-order valence-corrected chi connectivity index (χ2v) is 25.2. The molecule has 6 heterocycles. The number of Topliss-reactive ketones (excluding diaryl/α,β-unsaturated/α-hetero) is 3. The van der Waals surface area contributed by atoms with E-state index < -0.39 is 83.9 Å². The molecule has 15 atom stereocenters. The summed E-state index contributed by atoms with van der Waals surface area (Å²) in [4.78, 5) is 85.8. The van der Waals surface area contributed by atoms with Gasteiger partial charge in [0, 0.05) is 68.3 Å². The number of ketones is 3. The van der Waals surface area contributed by atoms with Gasteiger partial charge in [-0.1, -0.05) is 71.1 Å². The lowest BCUT2D eigenvalue weighted by Gasteiger charge is -2.43. The van der Waals surface area contributed by atoms with Crippen molar-refractivity contribution in [3.05, 3.63) is 78.2 Å². The van der Waals surface area contributed by atoms with Crippen LogP contribution in [0.3, 0.4) is 0 Å². The number of ether oxygens (including phenoxy) is 5. The van der Waals surface area contributed by atoms with Crippen molar-refractivity contribution in [2.45, 2.75) is 200 Å². The van der Waals surface area contributed by atoms with E-state index in [1.165, 1.54) is 18.3 Å². The van der Waals surface area contributed by atoms with E-state index in [4.69, 9.17) is 34.5 Å². The van der Waals surface area contributed by atoms with Gasteiger partial charge in [-0.05, 0) is 145 Å². The van der Waals surface area contributed by atoms with Crippen LogP contribution in [0.2, 0.25) is 0 Å². The number of H-pyrrole nitrogens is 1. The smallest absolute Gasteiger partial charge is 0.329 e. The van der Waals surface area contributed by atoms with Crippen molar-refractivity contribution in [2.75, 3.05) is 26.5 Å². The number of aliphatic hydroxyl groups excluding tert-OH is 2. The van der Waals surface area contributed by atoms with Crippen LogP contribution in [0.4, 0.5) is 5.82 Å². The number of anilines is 1. The minimum Gasteiger partial charge on any atom is -0.486 e. The molecule has 0 radical (unpaired) electrons. The van der Waals surface area contributed by atoms with Crippen molar-refractivity contribution in [3.8, 4) is 17.1 Å². The van der Waals surface area contributed by atoms with E-state index in [0.29, 0.717) is 97.3 Å². The van der Waals surface area contributed by atoms with Crippen LogP contribution in [0.25, 0.3) is 33.3 Å². The zero-order valence-corrected chi connectivity index (χ0v) is 51.9. The van der Waals surface area contributed by atoms with Crippen molar-refractivity contribution in [1.29, 1.82) is 0 Å². The SMILES string of the molecule is CO[C@@H]1C[C@@H](CC(C)[C@@H]2CC(=O)[C@H](C)/C=C(\C)[C@@H](O)[C@@H](OC)C(=O)[C@H](C)C[C@H](C)/C=C/C=C/C=C(/C)[C@@H](Oc3ccc4[nH]c(-c5nn(C(C)C)c6ncnc(N)c56)cc4c3)C[C@@H]3CC[C@@H](C)[C@@](O)(O3)C(=O)C(=O)N3CCCC[C@H]3C(=O)O2)CC[C@H]1O. The predicted molar refractivity (Wildman–Crippen MR) is 326 cm³/mol. The highest BCUT2D eigenvalue weighted by Gasteiger charge is 2.53. The molecule has 1 aliphatic carbocycles. The monoisotopic (exact) mass is 1190 g/mol. The second kappa shape index (κ2) is 28.6. The van der Waals surface area contributed by atoms with E-state index in [9.17, 15) is 39.3 Å². The Morgan fingerprint density at radius 1 is 0.884 bits per heavy atom. The van der Waals surface area contributed by atoms with Crippen LogP contribution in [0.15, 0.2) is 78.2 Å². The number of piperidine rings is 1. The number of carbonyl (C=O) groups excluding carboxylic acids is 5.